The Hall–Kier alpha value is -2.18. The number of rotatable bonds is 4. The zero-order chi connectivity index (χ0) is 14.8. The number of aromatic nitrogens is 5. The number of hydrogen-bond acceptors (Lipinski definition) is 5. The molecule has 0 aliphatic carbocycles. The third-order valence-corrected chi connectivity index (χ3v) is 2.67. The van der Waals surface area contributed by atoms with E-state index in [0.717, 1.165) is 0 Å². The molecule has 0 atom stereocenters. The number of ether oxygens (including phenoxy) is 1. The quantitative estimate of drug-likeness (QED) is 0.790. The van der Waals surface area contributed by atoms with Gasteiger partial charge in [0.25, 0.3) is 0 Å². The van der Waals surface area contributed by atoms with Gasteiger partial charge in [-0.15, -0.1) is 5.10 Å². The van der Waals surface area contributed by atoms with Gasteiger partial charge in [0.15, 0.2) is 5.69 Å². The maximum absolute atomic E-state index is 12.0. The van der Waals surface area contributed by atoms with E-state index in [2.05, 4.69) is 15.4 Å². The van der Waals surface area contributed by atoms with Crippen molar-refractivity contribution in [2.45, 2.75) is 46.4 Å². The van der Waals surface area contributed by atoms with E-state index in [9.17, 15) is 4.79 Å². The molecule has 20 heavy (non-hydrogen) atoms. The number of aryl methyl sites for hydroxylation is 2. The van der Waals surface area contributed by atoms with E-state index in [1.54, 1.807) is 15.6 Å². The lowest BCUT2D eigenvalue weighted by Crippen LogP contribution is -2.24. The van der Waals surface area contributed by atoms with Crippen molar-refractivity contribution in [3.8, 4) is 0 Å². The van der Waals surface area contributed by atoms with Gasteiger partial charge in [-0.05, 0) is 33.8 Å². The highest BCUT2D eigenvalue weighted by molar-refractivity contribution is 5.88. The number of esters is 1. The van der Waals surface area contributed by atoms with E-state index in [0.29, 0.717) is 18.8 Å². The van der Waals surface area contributed by atoms with E-state index >= 15 is 0 Å². The summed E-state index contributed by atoms with van der Waals surface area (Å²) in [5.41, 5.74) is 0.425. The number of carbonyl (C=O) groups is 1. The van der Waals surface area contributed by atoms with E-state index in [-0.39, 0.29) is 5.69 Å². The van der Waals surface area contributed by atoms with Crippen molar-refractivity contribution in [3.05, 3.63) is 29.8 Å². The van der Waals surface area contributed by atoms with Gasteiger partial charge in [-0.25, -0.2) is 9.48 Å². The van der Waals surface area contributed by atoms with Crippen LogP contribution in [-0.2, 0) is 17.8 Å². The van der Waals surface area contributed by atoms with E-state index in [1.165, 1.54) is 0 Å². The lowest BCUT2D eigenvalue weighted by molar-refractivity contribution is 0.00619. The Morgan fingerprint density at radius 1 is 1.35 bits per heavy atom. The summed E-state index contributed by atoms with van der Waals surface area (Å²) in [6.45, 7) is 8.55. The average molecular weight is 277 g/mol. The lowest BCUT2D eigenvalue weighted by atomic mass is 10.2. The molecular formula is C13H19N5O2. The van der Waals surface area contributed by atoms with Gasteiger partial charge >= 0.3 is 5.97 Å². The minimum Gasteiger partial charge on any atom is -0.455 e. The molecule has 7 nitrogen and oxygen atoms in total. The first-order valence-corrected chi connectivity index (χ1v) is 6.48. The van der Waals surface area contributed by atoms with Crippen molar-refractivity contribution in [2.24, 2.45) is 0 Å². The highest BCUT2D eigenvalue weighted by Crippen LogP contribution is 2.13. The Balaban J connectivity index is 2.05. The molecule has 0 saturated carbocycles. The third kappa shape index (κ3) is 3.43. The SMILES string of the molecule is Cc1c(C(=O)OC(C)(C)C)nnn1CCn1cccn1. The first kappa shape index (κ1) is 14.2. The molecule has 0 amide bonds. The van der Waals surface area contributed by atoms with E-state index in [4.69, 9.17) is 4.74 Å². The molecule has 0 saturated heterocycles. The number of hydrogen-bond donors (Lipinski definition) is 0. The maximum Gasteiger partial charge on any atom is 0.361 e. The van der Waals surface area contributed by atoms with Crippen LogP contribution in [0.5, 0.6) is 0 Å². The fourth-order valence-electron chi connectivity index (χ4n) is 1.72. The predicted octanol–water partition coefficient (Wildman–Crippen LogP) is 1.44. The van der Waals surface area contributed by atoms with Gasteiger partial charge in [-0.1, -0.05) is 5.21 Å². The summed E-state index contributed by atoms with van der Waals surface area (Å²) in [4.78, 5) is 12.0. The second-order valence-corrected chi connectivity index (χ2v) is 5.52. The molecular weight excluding hydrogens is 258 g/mol. The molecule has 0 N–H and O–H groups in total. The summed E-state index contributed by atoms with van der Waals surface area (Å²) in [6.07, 6.45) is 3.60. The van der Waals surface area contributed by atoms with Crippen LogP contribution in [0.2, 0.25) is 0 Å². The highest BCUT2D eigenvalue weighted by Gasteiger charge is 2.23. The average Bonchev–Trinajstić information content (AvgIpc) is 2.93. The van der Waals surface area contributed by atoms with Gasteiger partial charge in [0.05, 0.1) is 18.8 Å². The summed E-state index contributed by atoms with van der Waals surface area (Å²) in [7, 11) is 0. The monoisotopic (exact) mass is 277 g/mol. The zero-order valence-corrected chi connectivity index (χ0v) is 12.2. The molecule has 0 spiro atoms. The fraction of sp³-hybridized carbons (Fsp3) is 0.538. The van der Waals surface area contributed by atoms with E-state index < -0.39 is 11.6 Å². The molecule has 0 unspecified atom stereocenters. The van der Waals surface area contributed by atoms with Crippen molar-refractivity contribution < 1.29 is 9.53 Å². The molecule has 2 rings (SSSR count). The van der Waals surface area contributed by atoms with Gasteiger partial charge < -0.3 is 4.74 Å². The molecule has 2 aromatic rings. The fourth-order valence-corrected chi connectivity index (χ4v) is 1.72. The minimum atomic E-state index is -0.539. The van der Waals surface area contributed by atoms with Gasteiger partial charge in [0.1, 0.15) is 5.60 Å². The Bertz CT molecular complexity index is 580. The Labute approximate surface area is 117 Å². The van der Waals surface area contributed by atoms with Crippen molar-refractivity contribution in [3.63, 3.8) is 0 Å². The van der Waals surface area contributed by atoms with Gasteiger partial charge in [0.2, 0.25) is 0 Å². The van der Waals surface area contributed by atoms with Crippen molar-refractivity contribution in [2.75, 3.05) is 0 Å². The van der Waals surface area contributed by atoms with E-state index in [1.807, 2.05) is 40.0 Å². The first-order chi connectivity index (χ1) is 9.37. The van der Waals surface area contributed by atoms with Crippen LogP contribution in [0.15, 0.2) is 18.5 Å². The van der Waals surface area contributed by atoms with Crippen LogP contribution in [-0.4, -0.2) is 36.3 Å². The van der Waals surface area contributed by atoms with Crippen LogP contribution in [0.3, 0.4) is 0 Å². The molecule has 108 valence electrons. The van der Waals surface area contributed by atoms with Crippen LogP contribution in [0, 0.1) is 6.92 Å². The van der Waals surface area contributed by atoms with Gasteiger partial charge in [0, 0.05) is 12.4 Å². The van der Waals surface area contributed by atoms with Gasteiger partial charge in [-0.3, -0.25) is 4.68 Å². The summed E-state index contributed by atoms with van der Waals surface area (Å²) in [5, 5.41) is 12.0. The molecule has 0 aliphatic heterocycles. The molecule has 0 radical (unpaired) electrons. The number of nitrogens with zero attached hydrogens (tertiary/aromatic N) is 5. The summed E-state index contributed by atoms with van der Waals surface area (Å²) in [5.74, 6) is -0.444. The molecule has 0 aromatic carbocycles. The lowest BCUT2D eigenvalue weighted by Gasteiger charge is -2.18. The topological polar surface area (TPSA) is 74.8 Å². The minimum absolute atomic E-state index is 0.264. The largest absolute Gasteiger partial charge is 0.455 e. The molecule has 0 aliphatic rings. The molecule has 0 bridgehead atoms. The Morgan fingerprint density at radius 3 is 2.70 bits per heavy atom. The summed E-state index contributed by atoms with van der Waals surface area (Å²) in [6, 6.07) is 1.86. The molecule has 2 aromatic heterocycles. The van der Waals surface area contributed by atoms with Crippen LogP contribution in [0.4, 0.5) is 0 Å². The molecule has 2 heterocycles. The maximum atomic E-state index is 12.0. The highest BCUT2D eigenvalue weighted by atomic mass is 16.6. The number of carbonyl (C=O) groups excluding carboxylic acids is 1. The smallest absolute Gasteiger partial charge is 0.361 e. The summed E-state index contributed by atoms with van der Waals surface area (Å²) >= 11 is 0. The third-order valence-electron chi connectivity index (χ3n) is 2.67. The van der Waals surface area contributed by atoms with Crippen LogP contribution in [0.1, 0.15) is 37.0 Å². The Kier molecular flexibility index (Phi) is 3.87. The second-order valence-electron chi connectivity index (χ2n) is 5.52. The molecule has 7 heteroatoms. The predicted molar refractivity (Wildman–Crippen MR) is 72.2 cm³/mol. The second kappa shape index (κ2) is 5.44. The van der Waals surface area contributed by atoms with Crippen LogP contribution < -0.4 is 0 Å². The van der Waals surface area contributed by atoms with Crippen LogP contribution in [0.25, 0.3) is 0 Å². The van der Waals surface area contributed by atoms with Gasteiger partial charge in [-0.2, -0.15) is 5.10 Å². The van der Waals surface area contributed by atoms with Crippen molar-refractivity contribution >= 4 is 5.97 Å². The first-order valence-electron chi connectivity index (χ1n) is 6.48. The van der Waals surface area contributed by atoms with Crippen molar-refractivity contribution in [1.29, 1.82) is 0 Å². The standard InChI is InChI=1S/C13H19N5O2/c1-10-11(12(19)20-13(2,3)4)15-16-18(10)9-8-17-7-5-6-14-17/h5-7H,8-9H2,1-4H3. The summed E-state index contributed by atoms with van der Waals surface area (Å²) < 4.78 is 8.78. The molecule has 0 fully saturated rings. The zero-order valence-electron chi connectivity index (χ0n) is 12.2. The Morgan fingerprint density at radius 2 is 2.10 bits per heavy atom. The normalized spacial score (nSPS) is 11.6. The van der Waals surface area contributed by atoms with Crippen molar-refractivity contribution in [1.82, 2.24) is 24.8 Å². The van der Waals surface area contributed by atoms with Crippen LogP contribution >= 0.6 is 0 Å².